The molecule has 0 aliphatic heterocycles. The number of amides is 1. The lowest BCUT2D eigenvalue weighted by Crippen LogP contribution is -2.23. The van der Waals surface area contributed by atoms with E-state index in [4.69, 9.17) is 0 Å². The number of aromatic nitrogens is 1. The van der Waals surface area contributed by atoms with Crippen LogP contribution in [0.15, 0.2) is 18.3 Å². The SMILES string of the molecule is CN(C)C(=O)c1cc(NC2(C)CC2)ccn1. The Labute approximate surface area is 95.7 Å². The van der Waals surface area contributed by atoms with E-state index < -0.39 is 0 Å². The molecule has 4 nitrogen and oxygen atoms in total. The summed E-state index contributed by atoms with van der Waals surface area (Å²) in [6.07, 6.45) is 4.05. The van der Waals surface area contributed by atoms with Gasteiger partial charge in [-0.15, -0.1) is 0 Å². The van der Waals surface area contributed by atoms with Crippen LogP contribution in [0.1, 0.15) is 30.3 Å². The normalized spacial score (nSPS) is 16.7. The average Bonchev–Trinajstić information content (AvgIpc) is 2.95. The van der Waals surface area contributed by atoms with E-state index in [0.29, 0.717) is 5.69 Å². The molecule has 0 bridgehead atoms. The van der Waals surface area contributed by atoms with Gasteiger partial charge in [-0.1, -0.05) is 0 Å². The molecular formula is C12H17N3O. The third-order valence-corrected chi connectivity index (χ3v) is 2.83. The van der Waals surface area contributed by atoms with Gasteiger partial charge in [0.25, 0.3) is 5.91 Å². The van der Waals surface area contributed by atoms with Crippen molar-refractivity contribution >= 4 is 11.6 Å². The fourth-order valence-electron chi connectivity index (χ4n) is 1.52. The molecule has 1 amide bonds. The average molecular weight is 219 g/mol. The molecule has 1 fully saturated rings. The molecule has 0 aromatic carbocycles. The Morgan fingerprint density at radius 2 is 2.19 bits per heavy atom. The third-order valence-electron chi connectivity index (χ3n) is 2.83. The molecule has 0 unspecified atom stereocenters. The molecule has 1 saturated carbocycles. The second kappa shape index (κ2) is 3.77. The van der Waals surface area contributed by atoms with Crippen molar-refractivity contribution in [2.24, 2.45) is 0 Å². The number of pyridine rings is 1. The predicted octanol–water partition coefficient (Wildman–Crippen LogP) is 1.75. The van der Waals surface area contributed by atoms with E-state index in [-0.39, 0.29) is 11.4 Å². The highest BCUT2D eigenvalue weighted by Crippen LogP contribution is 2.38. The second-order valence-electron chi connectivity index (χ2n) is 4.81. The standard InChI is InChI=1S/C12H17N3O/c1-12(5-6-12)14-9-4-7-13-10(8-9)11(16)15(2)3/h4,7-8H,5-6H2,1-3H3,(H,13,14). The van der Waals surface area contributed by atoms with E-state index >= 15 is 0 Å². The summed E-state index contributed by atoms with van der Waals surface area (Å²) in [6.45, 7) is 2.18. The minimum absolute atomic E-state index is 0.0652. The van der Waals surface area contributed by atoms with E-state index in [1.165, 1.54) is 17.7 Å². The van der Waals surface area contributed by atoms with Gasteiger partial charge in [0.05, 0.1) is 0 Å². The van der Waals surface area contributed by atoms with Gasteiger partial charge in [-0.05, 0) is 31.9 Å². The van der Waals surface area contributed by atoms with Crippen LogP contribution in [0.5, 0.6) is 0 Å². The summed E-state index contributed by atoms with van der Waals surface area (Å²) in [5.74, 6) is -0.0652. The van der Waals surface area contributed by atoms with Gasteiger partial charge >= 0.3 is 0 Å². The highest BCUT2D eigenvalue weighted by atomic mass is 16.2. The molecule has 4 heteroatoms. The van der Waals surface area contributed by atoms with Crippen molar-refractivity contribution < 1.29 is 4.79 Å². The minimum atomic E-state index is -0.0652. The summed E-state index contributed by atoms with van der Waals surface area (Å²) in [5, 5.41) is 3.42. The van der Waals surface area contributed by atoms with Crippen LogP contribution in [-0.4, -0.2) is 35.4 Å². The Morgan fingerprint density at radius 3 is 2.75 bits per heavy atom. The van der Waals surface area contributed by atoms with Gasteiger partial charge in [-0.25, -0.2) is 0 Å². The monoisotopic (exact) mass is 219 g/mol. The van der Waals surface area contributed by atoms with Gasteiger partial charge in [0.1, 0.15) is 5.69 Å². The largest absolute Gasteiger partial charge is 0.380 e. The van der Waals surface area contributed by atoms with Gasteiger partial charge in [-0.3, -0.25) is 9.78 Å². The number of hydrogen-bond acceptors (Lipinski definition) is 3. The number of carbonyl (C=O) groups excluding carboxylic acids is 1. The third kappa shape index (κ3) is 2.32. The number of nitrogens with zero attached hydrogens (tertiary/aromatic N) is 2. The van der Waals surface area contributed by atoms with Crippen LogP contribution in [0.2, 0.25) is 0 Å². The molecule has 0 radical (unpaired) electrons. The van der Waals surface area contributed by atoms with Crippen molar-refractivity contribution in [3.63, 3.8) is 0 Å². The molecule has 0 spiro atoms. The van der Waals surface area contributed by atoms with Crippen molar-refractivity contribution in [2.45, 2.75) is 25.3 Å². The summed E-state index contributed by atoms with van der Waals surface area (Å²) < 4.78 is 0. The highest BCUT2D eigenvalue weighted by Gasteiger charge is 2.37. The Balaban J connectivity index is 2.16. The summed E-state index contributed by atoms with van der Waals surface area (Å²) in [5.41, 5.74) is 1.68. The molecule has 0 atom stereocenters. The Hall–Kier alpha value is -1.58. The first kappa shape index (κ1) is 10.9. The number of nitrogens with one attached hydrogen (secondary N) is 1. The van der Waals surface area contributed by atoms with Crippen LogP contribution < -0.4 is 5.32 Å². The van der Waals surface area contributed by atoms with Crippen LogP contribution in [0.4, 0.5) is 5.69 Å². The van der Waals surface area contributed by atoms with Crippen molar-refractivity contribution in [3.8, 4) is 0 Å². The maximum atomic E-state index is 11.7. The zero-order valence-corrected chi connectivity index (χ0v) is 9.95. The van der Waals surface area contributed by atoms with E-state index in [9.17, 15) is 4.79 Å². The Morgan fingerprint density at radius 1 is 1.50 bits per heavy atom. The number of hydrogen-bond donors (Lipinski definition) is 1. The maximum absolute atomic E-state index is 11.7. The zero-order chi connectivity index (χ0) is 11.8. The van der Waals surface area contributed by atoms with Gasteiger partial charge in [0.2, 0.25) is 0 Å². The van der Waals surface area contributed by atoms with Crippen LogP contribution >= 0.6 is 0 Å². The van der Waals surface area contributed by atoms with Crippen LogP contribution in [-0.2, 0) is 0 Å². The molecule has 1 aliphatic carbocycles. The molecule has 0 saturated heterocycles. The van der Waals surface area contributed by atoms with Gasteiger partial charge in [0.15, 0.2) is 0 Å². The molecule has 16 heavy (non-hydrogen) atoms. The van der Waals surface area contributed by atoms with Crippen molar-refractivity contribution in [3.05, 3.63) is 24.0 Å². The summed E-state index contributed by atoms with van der Waals surface area (Å²) in [4.78, 5) is 17.3. The molecule has 1 aromatic rings. The van der Waals surface area contributed by atoms with Crippen LogP contribution in [0.3, 0.4) is 0 Å². The predicted molar refractivity (Wildman–Crippen MR) is 63.5 cm³/mol. The minimum Gasteiger partial charge on any atom is -0.380 e. The fraction of sp³-hybridized carbons (Fsp3) is 0.500. The number of rotatable bonds is 3. The van der Waals surface area contributed by atoms with Gasteiger partial charge in [-0.2, -0.15) is 0 Å². The summed E-state index contributed by atoms with van der Waals surface area (Å²) in [7, 11) is 3.46. The highest BCUT2D eigenvalue weighted by molar-refractivity contribution is 5.92. The molecule has 86 valence electrons. The number of anilines is 1. The van der Waals surface area contributed by atoms with Gasteiger partial charge in [0, 0.05) is 31.5 Å². The lowest BCUT2D eigenvalue weighted by molar-refractivity contribution is 0.0822. The van der Waals surface area contributed by atoms with Crippen LogP contribution in [0.25, 0.3) is 0 Å². The quantitative estimate of drug-likeness (QED) is 0.842. The summed E-state index contributed by atoms with van der Waals surface area (Å²) >= 11 is 0. The lowest BCUT2D eigenvalue weighted by Gasteiger charge is -2.14. The lowest BCUT2D eigenvalue weighted by atomic mass is 10.2. The zero-order valence-electron chi connectivity index (χ0n) is 9.95. The maximum Gasteiger partial charge on any atom is 0.272 e. The van der Waals surface area contributed by atoms with Crippen molar-refractivity contribution in [1.82, 2.24) is 9.88 Å². The topological polar surface area (TPSA) is 45.2 Å². The molecule has 1 N–H and O–H groups in total. The van der Waals surface area contributed by atoms with Crippen molar-refractivity contribution in [2.75, 3.05) is 19.4 Å². The van der Waals surface area contributed by atoms with Crippen LogP contribution in [0, 0.1) is 0 Å². The first-order chi connectivity index (χ1) is 7.50. The van der Waals surface area contributed by atoms with E-state index in [2.05, 4.69) is 17.2 Å². The first-order valence-electron chi connectivity index (χ1n) is 5.46. The first-order valence-corrected chi connectivity index (χ1v) is 5.46. The fourth-order valence-corrected chi connectivity index (χ4v) is 1.52. The molecule has 1 heterocycles. The van der Waals surface area contributed by atoms with Gasteiger partial charge < -0.3 is 10.2 Å². The van der Waals surface area contributed by atoms with E-state index in [1.54, 1.807) is 20.3 Å². The number of carbonyl (C=O) groups is 1. The molecule has 2 rings (SSSR count). The van der Waals surface area contributed by atoms with Crippen molar-refractivity contribution in [1.29, 1.82) is 0 Å². The summed E-state index contributed by atoms with van der Waals surface area (Å²) in [6, 6.07) is 3.71. The smallest absolute Gasteiger partial charge is 0.272 e. The second-order valence-corrected chi connectivity index (χ2v) is 4.81. The molecule has 1 aromatic heterocycles. The molecular weight excluding hydrogens is 202 g/mol. The Bertz CT molecular complexity index is 410. The Kier molecular flexibility index (Phi) is 2.58. The molecule has 1 aliphatic rings. The van der Waals surface area contributed by atoms with E-state index in [1.807, 2.05) is 12.1 Å². The van der Waals surface area contributed by atoms with E-state index in [0.717, 1.165) is 5.69 Å².